The summed E-state index contributed by atoms with van der Waals surface area (Å²) in [4.78, 5) is 2.20. The third-order valence-corrected chi connectivity index (χ3v) is 3.66. The smallest absolute Gasteiger partial charge is 0.133 e. The number of hydrogen-bond acceptors (Lipinski definition) is 2. The number of nitrogens with zero attached hydrogens (tertiary/aromatic N) is 1. The van der Waals surface area contributed by atoms with Crippen LogP contribution in [0, 0.1) is 11.8 Å². The zero-order chi connectivity index (χ0) is 15.9. The minimum Gasteiger partial charge on any atom is -0.467 e. The molecule has 0 aliphatic carbocycles. The SMILES string of the molecule is CN(Cc1ccccc1)C(C#Cc1ccccc1)c1ccco1. The molecular weight excluding hydrogens is 282 g/mol. The molecule has 23 heavy (non-hydrogen) atoms. The molecule has 0 aliphatic rings. The monoisotopic (exact) mass is 301 g/mol. The van der Waals surface area contributed by atoms with Crippen molar-refractivity contribution < 1.29 is 4.42 Å². The Labute approximate surface area is 137 Å². The van der Waals surface area contributed by atoms with Gasteiger partial charge in [0.1, 0.15) is 11.8 Å². The Hall–Kier alpha value is -2.76. The van der Waals surface area contributed by atoms with Gasteiger partial charge >= 0.3 is 0 Å². The summed E-state index contributed by atoms with van der Waals surface area (Å²) in [7, 11) is 2.07. The van der Waals surface area contributed by atoms with Gasteiger partial charge < -0.3 is 4.42 Å². The van der Waals surface area contributed by atoms with Crippen LogP contribution in [0.15, 0.2) is 83.5 Å². The van der Waals surface area contributed by atoms with Crippen molar-refractivity contribution in [1.82, 2.24) is 4.90 Å². The normalized spacial score (nSPS) is 11.7. The average molecular weight is 301 g/mol. The van der Waals surface area contributed by atoms with Crippen molar-refractivity contribution in [3.05, 3.63) is 95.9 Å². The highest BCUT2D eigenvalue weighted by molar-refractivity contribution is 5.36. The summed E-state index contributed by atoms with van der Waals surface area (Å²) < 4.78 is 5.60. The third kappa shape index (κ3) is 4.12. The van der Waals surface area contributed by atoms with Crippen LogP contribution >= 0.6 is 0 Å². The van der Waals surface area contributed by atoms with Gasteiger partial charge in [0.05, 0.1) is 6.26 Å². The lowest BCUT2D eigenvalue weighted by atomic mass is 10.1. The van der Waals surface area contributed by atoms with Crippen molar-refractivity contribution in [3.63, 3.8) is 0 Å². The Morgan fingerprint density at radius 2 is 1.61 bits per heavy atom. The lowest BCUT2D eigenvalue weighted by Crippen LogP contribution is -2.22. The first kappa shape index (κ1) is 15.1. The van der Waals surface area contributed by atoms with Gasteiger partial charge in [-0.1, -0.05) is 60.4 Å². The Bertz CT molecular complexity index is 767. The Morgan fingerprint density at radius 3 is 2.26 bits per heavy atom. The van der Waals surface area contributed by atoms with Crippen LogP contribution in [0.4, 0.5) is 0 Å². The highest BCUT2D eigenvalue weighted by atomic mass is 16.3. The van der Waals surface area contributed by atoms with E-state index < -0.39 is 0 Å². The van der Waals surface area contributed by atoms with E-state index in [1.165, 1.54) is 5.56 Å². The summed E-state index contributed by atoms with van der Waals surface area (Å²) in [6.07, 6.45) is 1.70. The molecule has 2 heteroatoms. The van der Waals surface area contributed by atoms with Crippen LogP contribution in [0.25, 0.3) is 0 Å². The van der Waals surface area contributed by atoms with Gasteiger partial charge in [0.15, 0.2) is 0 Å². The lowest BCUT2D eigenvalue weighted by Gasteiger charge is -2.22. The minimum absolute atomic E-state index is 0.0783. The highest BCUT2D eigenvalue weighted by Crippen LogP contribution is 2.21. The largest absolute Gasteiger partial charge is 0.467 e. The molecule has 0 spiro atoms. The van der Waals surface area contributed by atoms with Crippen LogP contribution in [0.3, 0.4) is 0 Å². The van der Waals surface area contributed by atoms with Crippen molar-refractivity contribution in [1.29, 1.82) is 0 Å². The predicted octanol–water partition coefficient (Wildman–Crippen LogP) is 4.50. The van der Waals surface area contributed by atoms with Gasteiger partial charge in [-0.3, -0.25) is 4.90 Å². The number of rotatable bonds is 4. The molecule has 1 atom stereocenters. The number of hydrogen-bond donors (Lipinski definition) is 0. The van der Waals surface area contributed by atoms with Crippen LogP contribution in [0.5, 0.6) is 0 Å². The van der Waals surface area contributed by atoms with Gasteiger partial charge in [-0.05, 0) is 36.9 Å². The molecule has 114 valence electrons. The average Bonchev–Trinajstić information content (AvgIpc) is 3.11. The Morgan fingerprint density at radius 1 is 0.913 bits per heavy atom. The standard InChI is InChI=1S/C21H19NO/c1-22(17-19-11-6-3-7-12-19)20(21-13-8-16-23-21)15-14-18-9-4-2-5-10-18/h2-13,16,20H,17H2,1H3. The summed E-state index contributed by atoms with van der Waals surface area (Å²) >= 11 is 0. The maximum Gasteiger partial charge on any atom is 0.133 e. The zero-order valence-corrected chi connectivity index (χ0v) is 13.1. The van der Waals surface area contributed by atoms with Crippen molar-refractivity contribution >= 4 is 0 Å². The first-order chi connectivity index (χ1) is 11.3. The van der Waals surface area contributed by atoms with E-state index in [9.17, 15) is 0 Å². The van der Waals surface area contributed by atoms with E-state index >= 15 is 0 Å². The number of benzene rings is 2. The molecule has 1 unspecified atom stereocenters. The molecule has 0 N–H and O–H groups in total. The Balaban J connectivity index is 1.83. The van der Waals surface area contributed by atoms with E-state index in [1.54, 1.807) is 6.26 Å². The van der Waals surface area contributed by atoms with Crippen LogP contribution < -0.4 is 0 Å². The molecule has 2 aromatic carbocycles. The fourth-order valence-corrected chi connectivity index (χ4v) is 2.48. The van der Waals surface area contributed by atoms with E-state index in [0.29, 0.717) is 0 Å². The van der Waals surface area contributed by atoms with Gasteiger partial charge in [0.2, 0.25) is 0 Å². The molecule has 0 radical (unpaired) electrons. The van der Waals surface area contributed by atoms with Crippen LogP contribution in [-0.4, -0.2) is 11.9 Å². The first-order valence-electron chi connectivity index (χ1n) is 7.67. The molecule has 0 aliphatic heterocycles. The molecule has 2 nitrogen and oxygen atoms in total. The molecule has 0 fully saturated rings. The summed E-state index contributed by atoms with van der Waals surface area (Å²) in [6, 6.07) is 24.2. The molecule has 3 aromatic rings. The second-order valence-electron chi connectivity index (χ2n) is 5.45. The molecule has 3 rings (SSSR count). The molecule has 1 heterocycles. The van der Waals surface area contributed by atoms with Crippen molar-refractivity contribution in [2.45, 2.75) is 12.6 Å². The first-order valence-corrected chi connectivity index (χ1v) is 7.67. The second-order valence-corrected chi connectivity index (χ2v) is 5.45. The number of furan rings is 1. The van der Waals surface area contributed by atoms with Crippen LogP contribution in [-0.2, 0) is 6.54 Å². The summed E-state index contributed by atoms with van der Waals surface area (Å²) in [5.74, 6) is 7.46. The molecule has 0 amide bonds. The molecule has 1 aromatic heterocycles. The summed E-state index contributed by atoms with van der Waals surface area (Å²) in [5, 5.41) is 0. The van der Waals surface area contributed by atoms with Gasteiger partial charge in [0, 0.05) is 12.1 Å². The maximum absolute atomic E-state index is 5.60. The van der Waals surface area contributed by atoms with E-state index in [1.807, 2.05) is 48.5 Å². The molecule has 0 saturated heterocycles. The van der Waals surface area contributed by atoms with E-state index in [-0.39, 0.29) is 6.04 Å². The third-order valence-electron chi connectivity index (χ3n) is 3.66. The van der Waals surface area contributed by atoms with E-state index in [4.69, 9.17) is 4.42 Å². The fraction of sp³-hybridized carbons (Fsp3) is 0.143. The minimum atomic E-state index is -0.0783. The highest BCUT2D eigenvalue weighted by Gasteiger charge is 2.17. The molecular formula is C21H19NO. The predicted molar refractivity (Wildman–Crippen MR) is 92.7 cm³/mol. The topological polar surface area (TPSA) is 16.4 Å². The van der Waals surface area contributed by atoms with Crippen LogP contribution in [0.2, 0.25) is 0 Å². The second kappa shape index (κ2) is 7.49. The van der Waals surface area contributed by atoms with Gasteiger partial charge in [0.25, 0.3) is 0 Å². The van der Waals surface area contributed by atoms with Gasteiger partial charge in [-0.15, -0.1) is 0 Å². The molecule has 0 saturated carbocycles. The zero-order valence-electron chi connectivity index (χ0n) is 13.1. The summed E-state index contributed by atoms with van der Waals surface area (Å²) in [5.41, 5.74) is 2.27. The van der Waals surface area contributed by atoms with Gasteiger partial charge in [-0.25, -0.2) is 0 Å². The van der Waals surface area contributed by atoms with E-state index in [0.717, 1.165) is 17.9 Å². The molecule has 0 bridgehead atoms. The maximum atomic E-state index is 5.60. The van der Waals surface area contributed by atoms with Crippen molar-refractivity contribution in [2.24, 2.45) is 0 Å². The summed E-state index contributed by atoms with van der Waals surface area (Å²) in [6.45, 7) is 0.815. The van der Waals surface area contributed by atoms with Crippen LogP contribution in [0.1, 0.15) is 22.9 Å². The van der Waals surface area contributed by atoms with E-state index in [2.05, 4.69) is 48.1 Å². The lowest BCUT2D eigenvalue weighted by molar-refractivity contribution is 0.254. The van der Waals surface area contributed by atoms with Crippen molar-refractivity contribution in [2.75, 3.05) is 7.05 Å². The van der Waals surface area contributed by atoms with Crippen molar-refractivity contribution in [3.8, 4) is 11.8 Å². The quantitative estimate of drug-likeness (QED) is 0.659. The van der Waals surface area contributed by atoms with Gasteiger partial charge in [-0.2, -0.15) is 0 Å². The Kier molecular flexibility index (Phi) is 4.93. The fourth-order valence-electron chi connectivity index (χ4n) is 2.48.